The van der Waals surface area contributed by atoms with Crippen LogP contribution in [0, 0.1) is 22.7 Å². The van der Waals surface area contributed by atoms with Gasteiger partial charge in [-0.3, -0.25) is 4.68 Å². The molecule has 0 saturated carbocycles. The first-order chi connectivity index (χ1) is 8.15. The van der Waals surface area contributed by atoms with Crippen LogP contribution in [0.25, 0.3) is 0 Å². The molecule has 0 fully saturated rings. The number of hydrogen-bond acceptors (Lipinski definition) is 5. The molecule has 6 nitrogen and oxygen atoms in total. The Hall–Kier alpha value is -2.21. The first kappa shape index (κ1) is 12.9. The molecule has 2 N–H and O–H groups in total. The van der Waals surface area contributed by atoms with Crippen LogP contribution in [0.1, 0.15) is 19.0 Å². The van der Waals surface area contributed by atoms with Crippen molar-refractivity contribution in [2.75, 3.05) is 23.7 Å². The molecule has 17 heavy (non-hydrogen) atoms. The minimum atomic E-state index is 0.128. The van der Waals surface area contributed by atoms with Gasteiger partial charge in [0.25, 0.3) is 0 Å². The molecule has 0 aliphatic rings. The maximum atomic E-state index is 8.75. The first-order valence-corrected chi connectivity index (χ1v) is 5.45. The Morgan fingerprint density at radius 1 is 1.35 bits per heavy atom. The van der Waals surface area contributed by atoms with Gasteiger partial charge in [0.15, 0.2) is 5.82 Å². The van der Waals surface area contributed by atoms with E-state index in [2.05, 4.69) is 12.0 Å². The third-order valence-corrected chi connectivity index (χ3v) is 2.44. The number of anilines is 2. The molecule has 0 unspecified atom stereocenters. The van der Waals surface area contributed by atoms with Crippen molar-refractivity contribution in [3.63, 3.8) is 0 Å². The number of aromatic nitrogens is 2. The number of rotatable bonds is 5. The highest BCUT2D eigenvalue weighted by molar-refractivity contribution is 5.67. The van der Waals surface area contributed by atoms with E-state index in [0.29, 0.717) is 11.5 Å². The van der Waals surface area contributed by atoms with Crippen LogP contribution in [0.15, 0.2) is 0 Å². The lowest BCUT2D eigenvalue weighted by atomic mass is 10.2. The number of aryl methyl sites for hydroxylation is 2. The van der Waals surface area contributed by atoms with Gasteiger partial charge >= 0.3 is 0 Å². The van der Waals surface area contributed by atoms with Gasteiger partial charge in [0.05, 0.1) is 23.5 Å². The van der Waals surface area contributed by atoms with Crippen LogP contribution in [-0.4, -0.2) is 22.9 Å². The molecule has 6 heteroatoms. The Morgan fingerprint density at radius 2 is 1.94 bits per heavy atom. The van der Waals surface area contributed by atoms with Gasteiger partial charge in [0.2, 0.25) is 0 Å². The zero-order valence-corrected chi connectivity index (χ0v) is 10.1. The van der Waals surface area contributed by atoms with Gasteiger partial charge in [-0.25, -0.2) is 0 Å². The molecule has 0 aliphatic heterocycles. The molecule has 1 aromatic rings. The topological polar surface area (TPSA) is 94.7 Å². The highest BCUT2D eigenvalue weighted by Crippen LogP contribution is 2.26. The summed E-state index contributed by atoms with van der Waals surface area (Å²) >= 11 is 0. The number of nitrogens with zero attached hydrogens (tertiary/aromatic N) is 5. The van der Waals surface area contributed by atoms with E-state index in [4.69, 9.17) is 16.3 Å². The second-order valence-electron chi connectivity index (χ2n) is 3.73. The van der Waals surface area contributed by atoms with Crippen molar-refractivity contribution < 1.29 is 0 Å². The Kier molecular flexibility index (Phi) is 4.36. The Bertz CT molecular complexity index is 446. The summed E-state index contributed by atoms with van der Waals surface area (Å²) in [6.07, 6.45) is 1.75. The second kappa shape index (κ2) is 5.76. The third kappa shape index (κ3) is 2.67. The van der Waals surface area contributed by atoms with Crippen molar-refractivity contribution in [3.8, 4) is 12.1 Å². The monoisotopic (exact) mass is 232 g/mol. The minimum absolute atomic E-state index is 0.128. The fraction of sp³-hybridized carbons (Fsp3) is 0.545. The van der Waals surface area contributed by atoms with Crippen LogP contribution in [0.2, 0.25) is 0 Å². The zero-order valence-electron chi connectivity index (χ0n) is 10.1. The highest BCUT2D eigenvalue weighted by atomic mass is 15.4. The molecule has 0 amide bonds. The fourth-order valence-electron chi connectivity index (χ4n) is 1.76. The van der Waals surface area contributed by atoms with E-state index in [1.807, 2.05) is 12.1 Å². The van der Waals surface area contributed by atoms with Gasteiger partial charge in [-0.15, -0.1) is 0 Å². The molecule has 1 rings (SSSR count). The lowest BCUT2D eigenvalue weighted by Gasteiger charge is -2.18. The van der Waals surface area contributed by atoms with E-state index in [1.54, 1.807) is 16.6 Å². The van der Waals surface area contributed by atoms with E-state index in [9.17, 15) is 0 Å². The number of nitrogen functional groups attached to an aromatic ring is 1. The van der Waals surface area contributed by atoms with Crippen molar-refractivity contribution in [1.29, 1.82) is 10.5 Å². The standard InChI is InChI=1S/C11H16N6/c1-3-4-9-10(14)11(16(2)15-9)17(7-5-12)8-6-13/h3-4,7-8,14H2,1-2H3. The van der Waals surface area contributed by atoms with Crippen LogP contribution in [0.3, 0.4) is 0 Å². The normalized spacial score (nSPS) is 9.65. The van der Waals surface area contributed by atoms with Gasteiger partial charge in [-0.2, -0.15) is 15.6 Å². The van der Waals surface area contributed by atoms with Crippen LogP contribution in [0.4, 0.5) is 11.5 Å². The SMILES string of the molecule is CCCc1nn(C)c(N(CC#N)CC#N)c1N. The highest BCUT2D eigenvalue weighted by Gasteiger charge is 2.18. The molecule has 0 bridgehead atoms. The number of nitriles is 2. The van der Waals surface area contributed by atoms with Crippen LogP contribution in [0.5, 0.6) is 0 Å². The van der Waals surface area contributed by atoms with Crippen molar-refractivity contribution >= 4 is 11.5 Å². The smallest absolute Gasteiger partial charge is 0.152 e. The molecule has 1 aromatic heterocycles. The van der Waals surface area contributed by atoms with E-state index in [0.717, 1.165) is 18.5 Å². The fourth-order valence-corrected chi connectivity index (χ4v) is 1.76. The van der Waals surface area contributed by atoms with Gasteiger partial charge in [-0.1, -0.05) is 13.3 Å². The zero-order chi connectivity index (χ0) is 12.8. The largest absolute Gasteiger partial charge is 0.394 e. The number of nitrogens with two attached hydrogens (primary N) is 1. The predicted octanol–water partition coefficient (Wildman–Crippen LogP) is 0.808. The van der Waals surface area contributed by atoms with Crippen molar-refractivity contribution in [1.82, 2.24) is 9.78 Å². The van der Waals surface area contributed by atoms with Crippen molar-refractivity contribution in [2.24, 2.45) is 7.05 Å². The first-order valence-electron chi connectivity index (χ1n) is 5.45. The lowest BCUT2D eigenvalue weighted by Crippen LogP contribution is -2.26. The maximum absolute atomic E-state index is 8.75. The average molecular weight is 232 g/mol. The molecule has 0 radical (unpaired) electrons. The van der Waals surface area contributed by atoms with Crippen molar-refractivity contribution in [2.45, 2.75) is 19.8 Å². The summed E-state index contributed by atoms with van der Waals surface area (Å²) in [7, 11) is 1.77. The summed E-state index contributed by atoms with van der Waals surface area (Å²) in [6, 6.07) is 4.05. The summed E-state index contributed by atoms with van der Waals surface area (Å²) in [5.41, 5.74) is 7.40. The molecule has 0 saturated heterocycles. The summed E-state index contributed by atoms with van der Waals surface area (Å²) in [6.45, 7) is 2.31. The lowest BCUT2D eigenvalue weighted by molar-refractivity contribution is 0.716. The van der Waals surface area contributed by atoms with Gasteiger partial charge in [0.1, 0.15) is 13.1 Å². The van der Waals surface area contributed by atoms with E-state index >= 15 is 0 Å². The molecule has 0 aliphatic carbocycles. The van der Waals surface area contributed by atoms with Crippen LogP contribution in [-0.2, 0) is 13.5 Å². The molecule has 0 atom stereocenters. The Morgan fingerprint density at radius 3 is 2.41 bits per heavy atom. The molecule has 0 spiro atoms. The molecule has 0 aromatic carbocycles. The molecular formula is C11H16N6. The predicted molar refractivity (Wildman–Crippen MR) is 65.1 cm³/mol. The molecular weight excluding hydrogens is 216 g/mol. The van der Waals surface area contributed by atoms with Crippen LogP contribution < -0.4 is 10.6 Å². The Labute approximate surface area is 101 Å². The van der Waals surface area contributed by atoms with Gasteiger partial charge in [-0.05, 0) is 6.42 Å². The maximum Gasteiger partial charge on any atom is 0.152 e. The quantitative estimate of drug-likeness (QED) is 0.758. The summed E-state index contributed by atoms with van der Waals surface area (Å²) < 4.78 is 1.63. The molecule has 90 valence electrons. The molecule has 1 heterocycles. The number of hydrogen-bond donors (Lipinski definition) is 1. The van der Waals surface area contributed by atoms with Crippen LogP contribution >= 0.6 is 0 Å². The van der Waals surface area contributed by atoms with E-state index < -0.39 is 0 Å². The summed E-state index contributed by atoms with van der Waals surface area (Å²) in [4.78, 5) is 1.63. The van der Waals surface area contributed by atoms with Gasteiger partial charge in [0, 0.05) is 7.05 Å². The summed E-state index contributed by atoms with van der Waals surface area (Å²) in [5, 5.41) is 21.8. The second-order valence-corrected chi connectivity index (χ2v) is 3.73. The van der Waals surface area contributed by atoms with E-state index in [-0.39, 0.29) is 13.1 Å². The van der Waals surface area contributed by atoms with Crippen molar-refractivity contribution in [3.05, 3.63) is 5.69 Å². The van der Waals surface area contributed by atoms with Gasteiger partial charge < -0.3 is 10.6 Å². The average Bonchev–Trinajstić information content (AvgIpc) is 2.55. The third-order valence-electron chi connectivity index (χ3n) is 2.44. The summed E-state index contributed by atoms with van der Waals surface area (Å²) in [5.74, 6) is 0.650. The Balaban J connectivity index is 3.11. The minimum Gasteiger partial charge on any atom is -0.394 e. The van der Waals surface area contributed by atoms with E-state index in [1.165, 1.54) is 0 Å².